The standard InChI is InChI=1S/C25H32N4O4S/c1-13(2)11-27-24(30)23-21(26)20-19(14-9-17(31-4)22(33-6)18(10-14)32-5)15-12-29(3)8-7-16(15)28-25(20)34-23/h9-10,13H,7-8,11-12,26H2,1-6H3,(H,27,30). The molecular formula is C25H32N4O4S. The third kappa shape index (κ3) is 4.25. The highest BCUT2D eigenvalue weighted by molar-refractivity contribution is 7.21. The van der Waals surface area contributed by atoms with Gasteiger partial charge in [-0.2, -0.15) is 0 Å². The Morgan fingerprint density at radius 1 is 1.21 bits per heavy atom. The number of anilines is 1. The van der Waals surface area contributed by atoms with Gasteiger partial charge >= 0.3 is 0 Å². The van der Waals surface area contributed by atoms with Crippen LogP contribution in [0.1, 0.15) is 34.8 Å². The molecule has 3 aromatic rings. The number of aromatic nitrogens is 1. The summed E-state index contributed by atoms with van der Waals surface area (Å²) in [5, 5.41) is 3.78. The number of carbonyl (C=O) groups excluding carboxylic acids is 1. The van der Waals surface area contributed by atoms with Crippen molar-refractivity contribution in [1.29, 1.82) is 0 Å². The molecule has 1 aliphatic rings. The summed E-state index contributed by atoms with van der Waals surface area (Å²) < 4.78 is 16.8. The molecule has 1 aromatic carbocycles. The van der Waals surface area contributed by atoms with Crippen molar-refractivity contribution in [3.63, 3.8) is 0 Å². The number of nitrogens with two attached hydrogens (primary N) is 1. The van der Waals surface area contributed by atoms with Gasteiger partial charge in [-0.3, -0.25) is 4.79 Å². The maximum atomic E-state index is 13.0. The number of nitrogens with zero attached hydrogens (tertiary/aromatic N) is 2. The van der Waals surface area contributed by atoms with Crippen molar-refractivity contribution >= 4 is 33.1 Å². The minimum atomic E-state index is -0.167. The summed E-state index contributed by atoms with van der Waals surface area (Å²) in [4.78, 5) is 21.4. The Morgan fingerprint density at radius 2 is 1.88 bits per heavy atom. The Balaban J connectivity index is 2.00. The van der Waals surface area contributed by atoms with Crippen LogP contribution in [0.15, 0.2) is 12.1 Å². The quantitative estimate of drug-likeness (QED) is 0.524. The van der Waals surface area contributed by atoms with Gasteiger partial charge in [0.25, 0.3) is 5.91 Å². The van der Waals surface area contributed by atoms with Crippen LogP contribution in [-0.2, 0) is 13.0 Å². The molecule has 3 N–H and O–H groups in total. The van der Waals surface area contributed by atoms with Gasteiger partial charge in [-0.25, -0.2) is 4.98 Å². The summed E-state index contributed by atoms with van der Waals surface area (Å²) in [6.07, 6.45) is 0.825. The molecule has 0 unspecified atom stereocenters. The number of benzene rings is 1. The van der Waals surface area contributed by atoms with Gasteiger partial charge in [-0.15, -0.1) is 11.3 Å². The van der Waals surface area contributed by atoms with E-state index in [1.807, 2.05) is 12.1 Å². The molecule has 8 nitrogen and oxygen atoms in total. The summed E-state index contributed by atoms with van der Waals surface area (Å²) >= 11 is 1.34. The molecule has 0 fully saturated rings. The zero-order valence-electron chi connectivity index (χ0n) is 20.6. The number of fused-ring (bicyclic) bond motifs is 2. The number of nitrogens with one attached hydrogen (secondary N) is 1. The first-order valence-electron chi connectivity index (χ1n) is 11.3. The molecule has 34 heavy (non-hydrogen) atoms. The number of methoxy groups -OCH3 is 3. The summed E-state index contributed by atoms with van der Waals surface area (Å²) in [6, 6.07) is 3.86. The van der Waals surface area contributed by atoms with Gasteiger partial charge in [0.15, 0.2) is 11.5 Å². The first-order valence-corrected chi connectivity index (χ1v) is 12.1. The van der Waals surface area contributed by atoms with Crippen LogP contribution in [0.2, 0.25) is 0 Å². The van der Waals surface area contributed by atoms with Crippen LogP contribution in [0, 0.1) is 5.92 Å². The van der Waals surface area contributed by atoms with E-state index in [9.17, 15) is 4.79 Å². The van der Waals surface area contributed by atoms with Crippen molar-refractivity contribution < 1.29 is 19.0 Å². The fraction of sp³-hybridized carbons (Fsp3) is 0.440. The zero-order valence-corrected chi connectivity index (χ0v) is 21.4. The van der Waals surface area contributed by atoms with E-state index >= 15 is 0 Å². The molecule has 0 radical (unpaired) electrons. The van der Waals surface area contributed by atoms with Crippen molar-refractivity contribution in [2.75, 3.05) is 47.2 Å². The van der Waals surface area contributed by atoms with Gasteiger partial charge in [0.1, 0.15) is 9.71 Å². The van der Waals surface area contributed by atoms with E-state index in [2.05, 4.69) is 31.1 Å². The fourth-order valence-corrected chi connectivity index (χ4v) is 5.39. The second kappa shape index (κ2) is 9.68. The summed E-state index contributed by atoms with van der Waals surface area (Å²) in [5.74, 6) is 1.82. The second-order valence-corrected chi connectivity index (χ2v) is 9.94. The van der Waals surface area contributed by atoms with Gasteiger partial charge in [0, 0.05) is 42.7 Å². The number of hydrogen-bond acceptors (Lipinski definition) is 8. The largest absolute Gasteiger partial charge is 0.493 e. The van der Waals surface area contributed by atoms with Crippen LogP contribution >= 0.6 is 11.3 Å². The Bertz CT molecular complexity index is 1210. The molecule has 1 amide bonds. The lowest BCUT2D eigenvalue weighted by Crippen LogP contribution is -2.28. The van der Waals surface area contributed by atoms with Crippen molar-refractivity contribution in [2.45, 2.75) is 26.8 Å². The molecule has 0 atom stereocenters. The van der Waals surface area contributed by atoms with Crippen molar-refractivity contribution in [3.05, 3.63) is 28.3 Å². The Hall–Kier alpha value is -3.04. The van der Waals surface area contributed by atoms with Gasteiger partial charge in [0.2, 0.25) is 5.75 Å². The lowest BCUT2D eigenvalue weighted by Gasteiger charge is -2.27. The van der Waals surface area contributed by atoms with E-state index in [-0.39, 0.29) is 5.91 Å². The van der Waals surface area contributed by atoms with Crippen molar-refractivity contribution in [2.24, 2.45) is 5.92 Å². The van der Waals surface area contributed by atoms with Crippen LogP contribution in [0.3, 0.4) is 0 Å². The smallest absolute Gasteiger partial charge is 0.263 e. The second-order valence-electron chi connectivity index (χ2n) is 8.94. The van der Waals surface area contributed by atoms with Gasteiger partial charge in [-0.1, -0.05) is 13.8 Å². The van der Waals surface area contributed by atoms with Crippen LogP contribution in [0.25, 0.3) is 21.3 Å². The van der Waals surface area contributed by atoms with Crippen LogP contribution in [0.4, 0.5) is 5.69 Å². The van der Waals surface area contributed by atoms with E-state index in [0.29, 0.717) is 40.3 Å². The van der Waals surface area contributed by atoms with E-state index in [4.69, 9.17) is 24.9 Å². The number of likely N-dealkylation sites (N-methyl/N-ethyl adjacent to an activating group) is 1. The molecule has 182 valence electrons. The van der Waals surface area contributed by atoms with Crippen LogP contribution < -0.4 is 25.3 Å². The molecule has 0 aliphatic carbocycles. The summed E-state index contributed by atoms with van der Waals surface area (Å²) in [5.41, 5.74) is 11.1. The molecule has 0 bridgehead atoms. The SMILES string of the molecule is COc1cc(-c2c3c(nc4sc(C(=O)NCC(C)C)c(N)c24)CCN(C)C3)cc(OC)c1OC. The number of nitrogen functional groups attached to an aromatic ring is 1. The van der Waals surface area contributed by atoms with Crippen LogP contribution in [0.5, 0.6) is 17.2 Å². The average Bonchev–Trinajstić information content (AvgIpc) is 3.15. The number of pyridine rings is 1. The number of amides is 1. The summed E-state index contributed by atoms with van der Waals surface area (Å²) in [6.45, 7) is 6.35. The number of hydrogen-bond donors (Lipinski definition) is 2. The highest BCUT2D eigenvalue weighted by Crippen LogP contribution is 2.47. The zero-order chi connectivity index (χ0) is 24.6. The molecule has 9 heteroatoms. The normalized spacial score (nSPS) is 13.7. The topological polar surface area (TPSA) is 98.9 Å². The number of rotatable bonds is 7. The first kappa shape index (κ1) is 24.1. The van der Waals surface area contributed by atoms with E-state index in [0.717, 1.165) is 52.1 Å². The monoisotopic (exact) mass is 484 g/mol. The third-order valence-corrected chi connectivity index (χ3v) is 7.15. The van der Waals surface area contributed by atoms with Gasteiger partial charge in [0.05, 0.1) is 27.0 Å². The molecule has 1 aliphatic heterocycles. The molecule has 0 saturated carbocycles. The Kier molecular flexibility index (Phi) is 6.86. The molecule has 0 saturated heterocycles. The number of ether oxygens (including phenoxy) is 3. The fourth-order valence-electron chi connectivity index (χ4n) is 4.35. The van der Waals surface area contributed by atoms with Crippen molar-refractivity contribution in [1.82, 2.24) is 15.2 Å². The average molecular weight is 485 g/mol. The molecule has 3 heterocycles. The predicted molar refractivity (Wildman–Crippen MR) is 136 cm³/mol. The van der Waals surface area contributed by atoms with E-state index in [1.54, 1.807) is 21.3 Å². The lowest BCUT2D eigenvalue weighted by molar-refractivity contribution is 0.0954. The van der Waals surface area contributed by atoms with Crippen molar-refractivity contribution in [3.8, 4) is 28.4 Å². The number of carbonyl (C=O) groups is 1. The molecule has 0 spiro atoms. The minimum absolute atomic E-state index is 0.167. The predicted octanol–water partition coefficient (Wildman–Crippen LogP) is 3.95. The Morgan fingerprint density at radius 3 is 2.47 bits per heavy atom. The molecular weight excluding hydrogens is 452 g/mol. The minimum Gasteiger partial charge on any atom is -0.493 e. The number of thiophene rings is 1. The highest BCUT2D eigenvalue weighted by Gasteiger charge is 2.28. The first-order chi connectivity index (χ1) is 16.3. The Labute approximate surface area is 204 Å². The van der Waals surface area contributed by atoms with Gasteiger partial charge < -0.3 is 30.2 Å². The third-order valence-electron chi connectivity index (χ3n) is 6.05. The highest BCUT2D eigenvalue weighted by atomic mass is 32.1. The molecule has 4 rings (SSSR count). The van der Waals surface area contributed by atoms with E-state index in [1.165, 1.54) is 11.3 Å². The summed E-state index contributed by atoms with van der Waals surface area (Å²) in [7, 11) is 6.87. The maximum absolute atomic E-state index is 13.0. The maximum Gasteiger partial charge on any atom is 0.263 e. The van der Waals surface area contributed by atoms with E-state index < -0.39 is 0 Å². The van der Waals surface area contributed by atoms with Crippen LogP contribution in [-0.4, -0.2) is 57.3 Å². The lowest BCUT2D eigenvalue weighted by atomic mass is 9.91. The van der Waals surface area contributed by atoms with Gasteiger partial charge in [-0.05, 0) is 36.2 Å². The molecule has 2 aromatic heterocycles.